The number of thioether (sulfide) groups is 1. The second kappa shape index (κ2) is 9.57. The highest BCUT2D eigenvalue weighted by molar-refractivity contribution is 8.00. The summed E-state index contributed by atoms with van der Waals surface area (Å²) in [4.78, 5) is 29.3. The SMILES string of the molecule is CC(Sc1ccc(NC(=O)Nc2ccccc2)cc1)C(=O)Nc1ccccn1. The van der Waals surface area contributed by atoms with Crippen LogP contribution in [0.2, 0.25) is 0 Å². The molecule has 28 heavy (non-hydrogen) atoms. The number of amides is 3. The first-order valence-electron chi connectivity index (χ1n) is 8.72. The normalized spacial score (nSPS) is 11.3. The lowest BCUT2D eigenvalue weighted by Crippen LogP contribution is -2.22. The molecule has 0 saturated heterocycles. The molecular formula is C21H20N4O2S. The van der Waals surface area contributed by atoms with Crippen LogP contribution in [0.4, 0.5) is 22.0 Å². The topological polar surface area (TPSA) is 83.1 Å². The molecule has 1 unspecified atom stereocenters. The minimum absolute atomic E-state index is 0.117. The molecule has 2 aromatic carbocycles. The molecule has 1 aromatic heterocycles. The van der Waals surface area contributed by atoms with E-state index >= 15 is 0 Å². The second-order valence-electron chi connectivity index (χ2n) is 5.93. The number of aromatic nitrogens is 1. The number of benzene rings is 2. The van der Waals surface area contributed by atoms with E-state index in [0.717, 1.165) is 10.6 Å². The molecule has 3 amide bonds. The highest BCUT2D eigenvalue weighted by atomic mass is 32.2. The van der Waals surface area contributed by atoms with Crippen LogP contribution in [-0.2, 0) is 4.79 Å². The van der Waals surface area contributed by atoms with Crippen molar-refractivity contribution in [3.8, 4) is 0 Å². The summed E-state index contributed by atoms with van der Waals surface area (Å²) in [5.74, 6) is 0.414. The van der Waals surface area contributed by atoms with E-state index in [1.807, 2.05) is 55.5 Å². The quantitative estimate of drug-likeness (QED) is 0.524. The molecule has 1 atom stereocenters. The molecule has 3 N–H and O–H groups in total. The molecule has 1 heterocycles. The van der Waals surface area contributed by atoms with Gasteiger partial charge in [0.05, 0.1) is 5.25 Å². The van der Waals surface area contributed by atoms with Crippen molar-refractivity contribution in [2.75, 3.05) is 16.0 Å². The van der Waals surface area contributed by atoms with E-state index in [1.165, 1.54) is 11.8 Å². The number of hydrogen-bond donors (Lipinski definition) is 3. The standard InChI is InChI=1S/C21H20N4O2S/c1-15(20(26)25-19-9-5-6-14-22-19)28-18-12-10-17(11-13-18)24-21(27)23-16-7-3-2-4-8-16/h2-15H,1H3,(H,22,25,26)(H2,23,24,27). The van der Waals surface area contributed by atoms with Crippen LogP contribution in [0.3, 0.4) is 0 Å². The van der Waals surface area contributed by atoms with Crippen LogP contribution in [0.15, 0.2) is 83.9 Å². The largest absolute Gasteiger partial charge is 0.323 e. The van der Waals surface area contributed by atoms with Crippen LogP contribution >= 0.6 is 11.8 Å². The minimum atomic E-state index is -0.310. The second-order valence-corrected chi connectivity index (χ2v) is 7.35. The van der Waals surface area contributed by atoms with Crippen molar-refractivity contribution < 1.29 is 9.59 Å². The number of urea groups is 1. The van der Waals surface area contributed by atoms with Crippen molar-refractivity contribution in [2.45, 2.75) is 17.1 Å². The molecule has 0 aliphatic carbocycles. The number of pyridine rings is 1. The fraction of sp³-hybridized carbons (Fsp3) is 0.0952. The summed E-state index contributed by atoms with van der Waals surface area (Å²) in [6, 6.07) is 21.6. The number of carbonyl (C=O) groups is 2. The first-order valence-corrected chi connectivity index (χ1v) is 9.60. The number of hydrogen-bond acceptors (Lipinski definition) is 4. The van der Waals surface area contributed by atoms with Crippen LogP contribution < -0.4 is 16.0 Å². The van der Waals surface area contributed by atoms with Gasteiger partial charge in [0.1, 0.15) is 5.82 Å². The van der Waals surface area contributed by atoms with Gasteiger partial charge in [0.15, 0.2) is 0 Å². The molecule has 3 rings (SSSR count). The molecule has 7 heteroatoms. The van der Waals surface area contributed by atoms with Gasteiger partial charge in [0.2, 0.25) is 5.91 Å². The number of para-hydroxylation sites is 1. The summed E-state index contributed by atoms with van der Waals surface area (Å²) in [7, 11) is 0. The van der Waals surface area contributed by atoms with Gasteiger partial charge in [-0.25, -0.2) is 9.78 Å². The molecule has 0 bridgehead atoms. The Morgan fingerprint density at radius 1 is 0.821 bits per heavy atom. The van der Waals surface area contributed by atoms with Crippen molar-refractivity contribution in [3.05, 3.63) is 79.0 Å². The van der Waals surface area contributed by atoms with Gasteiger partial charge < -0.3 is 16.0 Å². The molecule has 0 radical (unpaired) electrons. The van der Waals surface area contributed by atoms with E-state index in [-0.39, 0.29) is 17.2 Å². The first kappa shape index (κ1) is 19.4. The third-order valence-electron chi connectivity index (χ3n) is 3.74. The number of rotatable bonds is 6. The van der Waals surface area contributed by atoms with Gasteiger partial charge in [-0.2, -0.15) is 0 Å². The zero-order valence-corrected chi connectivity index (χ0v) is 16.1. The van der Waals surface area contributed by atoms with Crippen LogP contribution in [0.1, 0.15) is 6.92 Å². The predicted molar refractivity (Wildman–Crippen MR) is 114 cm³/mol. The van der Waals surface area contributed by atoms with Crippen LogP contribution in [0, 0.1) is 0 Å². The fourth-order valence-electron chi connectivity index (χ4n) is 2.35. The van der Waals surface area contributed by atoms with Gasteiger partial charge in [0, 0.05) is 22.5 Å². The Balaban J connectivity index is 1.51. The maximum Gasteiger partial charge on any atom is 0.323 e. The molecule has 0 aliphatic heterocycles. The average Bonchev–Trinajstić information content (AvgIpc) is 2.71. The smallest absolute Gasteiger partial charge is 0.310 e. The number of nitrogens with zero attached hydrogens (tertiary/aromatic N) is 1. The summed E-state index contributed by atoms with van der Waals surface area (Å²) in [5, 5.41) is 8.04. The number of carbonyl (C=O) groups excluding carboxylic acids is 2. The fourth-order valence-corrected chi connectivity index (χ4v) is 3.22. The zero-order valence-electron chi connectivity index (χ0n) is 15.3. The van der Waals surface area contributed by atoms with Gasteiger partial charge in [-0.3, -0.25) is 4.79 Å². The minimum Gasteiger partial charge on any atom is -0.310 e. The Bertz CT molecular complexity index is 918. The highest BCUT2D eigenvalue weighted by Gasteiger charge is 2.15. The molecule has 0 spiro atoms. The van der Waals surface area contributed by atoms with Crippen molar-refractivity contribution in [1.82, 2.24) is 4.98 Å². The molecule has 142 valence electrons. The van der Waals surface area contributed by atoms with E-state index in [9.17, 15) is 9.59 Å². The Morgan fingerprint density at radius 3 is 2.11 bits per heavy atom. The number of anilines is 3. The Hall–Kier alpha value is -3.32. The summed E-state index contributed by atoms with van der Waals surface area (Å²) >= 11 is 1.43. The van der Waals surface area contributed by atoms with Crippen molar-refractivity contribution in [3.63, 3.8) is 0 Å². The Kier molecular flexibility index (Phi) is 6.64. The third-order valence-corrected chi connectivity index (χ3v) is 4.85. The monoisotopic (exact) mass is 392 g/mol. The lowest BCUT2D eigenvalue weighted by molar-refractivity contribution is -0.115. The van der Waals surface area contributed by atoms with Gasteiger partial charge in [0.25, 0.3) is 0 Å². The van der Waals surface area contributed by atoms with Gasteiger partial charge in [-0.15, -0.1) is 11.8 Å². The molecule has 0 saturated carbocycles. The lowest BCUT2D eigenvalue weighted by atomic mass is 10.3. The molecule has 0 aliphatic rings. The van der Waals surface area contributed by atoms with Crippen LogP contribution in [0.5, 0.6) is 0 Å². The van der Waals surface area contributed by atoms with E-state index in [4.69, 9.17) is 0 Å². The maximum absolute atomic E-state index is 12.3. The summed E-state index contributed by atoms with van der Waals surface area (Å²) in [6.45, 7) is 1.84. The Labute approximate surface area is 167 Å². The average molecular weight is 392 g/mol. The van der Waals surface area contributed by atoms with E-state index < -0.39 is 0 Å². The molecule has 3 aromatic rings. The molecule has 0 fully saturated rings. The molecular weight excluding hydrogens is 372 g/mol. The summed E-state index contributed by atoms with van der Waals surface area (Å²) < 4.78 is 0. The lowest BCUT2D eigenvalue weighted by Gasteiger charge is -2.12. The van der Waals surface area contributed by atoms with Gasteiger partial charge in [-0.1, -0.05) is 24.3 Å². The van der Waals surface area contributed by atoms with Crippen molar-refractivity contribution >= 4 is 40.9 Å². The predicted octanol–water partition coefficient (Wildman–Crippen LogP) is 4.84. The van der Waals surface area contributed by atoms with E-state index in [0.29, 0.717) is 11.5 Å². The maximum atomic E-state index is 12.3. The summed E-state index contributed by atoms with van der Waals surface area (Å²) in [5.41, 5.74) is 1.39. The zero-order chi connectivity index (χ0) is 19.8. The van der Waals surface area contributed by atoms with E-state index in [2.05, 4.69) is 20.9 Å². The van der Waals surface area contributed by atoms with Crippen molar-refractivity contribution in [1.29, 1.82) is 0 Å². The summed E-state index contributed by atoms with van der Waals surface area (Å²) in [6.07, 6.45) is 1.63. The highest BCUT2D eigenvalue weighted by Crippen LogP contribution is 2.25. The number of nitrogens with one attached hydrogen (secondary N) is 3. The first-order chi connectivity index (χ1) is 13.6. The van der Waals surface area contributed by atoms with Gasteiger partial charge in [-0.05, 0) is 55.5 Å². The van der Waals surface area contributed by atoms with Crippen LogP contribution in [-0.4, -0.2) is 22.2 Å². The van der Waals surface area contributed by atoms with Gasteiger partial charge >= 0.3 is 6.03 Å². The molecule has 6 nitrogen and oxygen atoms in total. The van der Waals surface area contributed by atoms with E-state index in [1.54, 1.807) is 30.5 Å². The third kappa shape index (κ3) is 5.85. The van der Waals surface area contributed by atoms with Crippen LogP contribution in [0.25, 0.3) is 0 Å². The van der Waals surface area contributed by atoms with Crippen molar-refractivity contribution in [2.24, 2.45) is 0 Å². The Morgan fingerprint density at radius 2 is 1.46 bits per heavy atom.